The molecule has 138 valence electrons. The van der Waals surface area contributed by atoms with E-state index >= 15 is 0 Å². The van der Waals surface area contributed by atoms with Gasteiger partial charge in [0.25, 0.3) is 5.91 Å². The summed E-state index contributed by atoms with van der Waals surface area (Å²) in [6.07, 6.45) is 0. The van der Waals surface area contributed by atoms with Gasteiger partial charge >= 0.3 is 0 Å². The molecule has 1 aromatic rings. The predicted octanol–water partition coefficient (Wildman–Crippen LogP) is 1.47. The highest BCUT2D eigenvalue weighted by Gasteiger charge is 2.10. The van der Waals surface area contributed by atoms with E-state index in [1.807, 2.05) is 6.07 Å². The number of halogens is 3. The first-order valence-electron chi connectivity index (χ1n) is 7.35. The Kier molecular flexibility index (Phi) is 12.2. The van der Waals surface area contributed by atoms with Crippen molar-refractivity contribution < 1.29 is 14.3 Å². The molecule has 1 aromatic carbocycles. The summed E-state index contributed by atoms with van der Waals surface area (Å²) in [5.41, 5.74) is 6.02. The summed E-state index contributed by atoms with van der Waals surface area (Å²) < 4.78 is 10.7. The molecule has 0 bridgehead atoms. The summed E-state index contributed by atoms with van der Waals surface area (Å²) in [6.45, 7) is 5.89. The highest BCUT2D eigenvalue weighted by molar-refractivity contribution is 6.30. The lowest BCUT2D eigenvalue weighted by molar-refractivity contribution is -0.119. The lowest BCUT2D eigenvalue weighted by Gasteiger charge is -2.26. The molecule has 0 spiro atoms. The Morgan fingerprint density at radius 3 is 2.71 bits per heavy atom. The molecule has 0 unspecified atom stereocenters. The van der Waals surface area contributed by atoms with Gasteiger partial charge in [-0.1, -0.05) is 11.6 Å². The van der Waals surface area contributed by atoms with Gasteiger partial charge in [-0.25, -0.2) is 0 Å². The number of morpholine rings is 1. The van der Waals surface area contributed by atoms with Gasteiger partial charge in [-0.2, -0.15) is 0 Å². The molecule has 0 aliphatic carbocycles. The van der Waals surface area contributed by atoms with Crippen LogP contribution >= 0.6 is 36.4 Å². The molecule has 24 heavy (non-hydrogen) atoms. The van der Waals surface area contributed by atoms with Crippen molar-refractivity contribution in [2.75, 3.05) is 46.0 Å². The van der Waals surface area contributed by atoms with Crippen LogP contribution in [0, 0.1) is 0 Å². The van der Waals surface area contributed by atoms with Crippen molar-refractivity contribution in [3.8, 4) is 5.75 Å². The van der Waals surface area contributed by atoms with E-state index in [9.17, 15) is 4.79 Å². The van der Waals surface area contributed by atoms with E-state index in [4.69, 9.17) is 26.8 Å². The minimum atomic E-state index is -0.499. The Hall–Kier alpha value is -0.760. The van der Waals surface area contributed by atoms with Gasteiger partial charge < -0.3 is 20.5 Å². The average Bonchev–Trinajstić information content (AvgIpc) is 2.51. The summed E-state index contributed by atoms with van der Waals surface area (Å²) in [5.74, 6) is 0.128. The van der Waals surface area contributed by atoms with Crippen molar-refractivity contribution in [1.29, 1.82) is 0 Å². The molecular formula is C15H24Cl3N3O3. The lowest BCUT2D eigenvalue weighted by Crippen LogP contribution is -2.40. The minimum absolute atomic E-state index is 0. The van der Waals surface area contributed by atoms with Crippen molar-refractivity contribution in [2.24, 2.45) is 5.73 Å². The number of nitrogens with one attached hydrogen (secondary N) is 1. The van der Waals surface area contributed by atoms with Crippen LogP contribution in [0.4, 0.5) is 0 Å². The fraction of sp³-hybridized carbons (Fsp3) is 0.533. The molecular weight excluding hydrogens is 377 g/mol. The smallest absolute Gasteiger partial charge is 0.255 e. The molecule has 2 rings (SSSR count). The largest absolute Gasteiger partial charge is 0.483 e. The number of nitrogens with zero attached hydrogens (tertiary/aromatic N) is 1. The Labute approximate surface area is 159 Å². The van der Waals surface area contributed by atoms with Crippen molar-refractivity contribution in [3.63, 3.8) is 0 Å². The molecule has 0 aromatic heterocycles. The van der Waals surface area contributed by atoms with Gasteiger partial charge in [0.15, 0.2) is 6.61 Å². The maximum absolute atomic E-state index is 10.8. The number of amides is 1. The normalized spacial score (nSPS) is 14.4. The molecule has 1 heterocycles. The first kappa shape index (κ1) is 23.2. The van der Waals surface area contributed by atoms with Crippen LogP contribution in [0.3, 0.4) is 0 Å². The Bertz CT molecular complexity index is 500. The van der Waals surface area contributed by atoms with Crippen LogP contribution in [-0.2, 0) is 16.1 Å². The number of carbonyl (C=O) groups excluding carboxylic acids is 1. The lowest BCUT2D eigenvalue weighted by atomic mass is 10.2. The summed E-state index contributed by atoms with van der Waals surface area (Å²) in [4.78, 5) is 13.2. The Morgan fingerprint density at radius 2 is 2.04 bits per heavy atom. The number of hydrogen-bond acceptors (Lipinski definition) is 5. The standard InChI is InChI=1S/C15H22ClN3O3.2ClH/c16-13-1-2-14(22-11-15(17)20)12(9-13)10-18-3-4-19-5-7-21-8-6-19;;/h1-2,9,18H,3-8,10-11H2,(H2,17,20);2*1H. The van der Waals surface area contributed by atoms with E-state index in [1.165, 1.54) is 0 Å². The van der Waals surface area contributed by atoms with Crippen LogP contribution in [0.5, 0.6) is 5.75 Å². The van der Waals surface area contributed by atoms with Gasteiger partial charge in [-0.15, -0.1) is 24.8 Å². The van der Waals surface area contributed by atoms with Crippen molar-refractivity contribution in [2.45, 2.75) is 6.54 Å². The van der Waals surface area contributed by atoms with E-state index in [0.29, 0.717) is 17.3 Å². The highest BCUT2D eigenvalue weighted by Crippen LogP contribution is 2.22. The number of rotatable bonds is 8. The SMILES string of the molecule is Cl.Cl.NC(=O)COc1ccc(Cl)cc1CNCCN1CCOCC1. The topological polar surface area (TPSA) is 76.8 Å². The average molecular weight is 401 g/mol. The van der Waals surface area contributed by atoms with Gasteiger partial charge in [0.05, 0.1) is 13.2 Å². The highest BCUT2D eigenvalue weighted by atomic mass is 35.5. The van der Waals surface area contributed by atoms with Crippen LogP contribution in [0.2, 0.25) is 5.02 Å². The number of benzene rings is 1. The molecule has 9 heteroatoms. The molecule has 3 N–H and O–H groups in total. The maximum atomic E-state index is 10.8. The fourth-order valence-corrected chi connectivity index (χ4v) is 2.46. The van der Waals surface area contributed by atoms with Crippen LogP contribution in [0.1, 0.15) is 5.56 Å². The van der Waals surface area contributed by atoms with Gasteiger partial charge in [0.1, 0.15) is 5.75 Å². The molecule has 6 nitrogen and oxygen atoms in total. The van der Waals surface area contributed by atoms with Gasteiger partial charge in [-0.3, -0.25) is 9.69 Å². The minimum Gasteiger partial charge on any atom is -0.483 e. The number of primary amides is 1. The second-order valence-corrected chi connectivity index (χ2v) is 5.57. The van der Waals surface area contributed by atoms with E-state index in [1.54, 1.807) is 12.1 Å². The predicted molar refractivity (Wildman–Crippen MR) is 99.6 cm³/mol. The third-order valence-electron chi connectivity index (χ3n) is 3.42. The first-order valence-corrected chi connectivity index (χ1v) is 7.73. The van der Waals surface area contributed by atoms with Crippen LogP contribution in [-0.4, -0.2) is 56.8 Å². The molecule has 0 atom stereocenters. The molecule has 0 saturated carbocycles. The maximum Gasteiger partial charge on any atom is 0.255 e. The molecule has 0 radical (unpaired) electrons. The van der Waals surface area contributed by atoms with Crippen molar-refractivity contribution in [3.05, 3.63) is 28.8 Å². The third-order valence-corrected chi connectivity index (χ3v) is 3.65. The van der Waals surface area contributed by atoms with Crippen LogP contribution in [0.25, 0.3) is 0 Å². The van der Waals surface area contributed by atoms with Gasteiger partial charge in [0, 0.05) is 43.3 Å². The summed E-state index contributed by atoms with van der Waals surface area (Å²) >= 11 is 6.02. The van der Waals surface area contributed by atoms with E-state index in [2.05, 4.69) is 10.2 Å². The third kappa shape index (κ3) is 8.37. The quantitative estimate of drug-likeness (QED) is 0.646. The van der Waals surface area contributed by atoms with Crippen LogP contribution in [0.15, 0.2) is 18.2 Å². The first-order chi connectivity index (χ1) is 10.6. The fourth-order valence-electron chi connectivity index (χ4n) is 2.26. The number of carbonyl (C=O) groups is 1. The summed E-state index contributed by atoms with van der Waals surface area (Å²) in [6, 6.07) is 5.32. The molecule has 1 fully saturated rings. The van der Waals surface area contributed by atoms with Crippen LogP contribution < -0.4 is 15.8 Å². The monoisotopic (exact) mass is 399 g/mol. The van der Waals surface area contributed by atoms with E-state index in [0.717, 1.165) is 45.0 Å². The van der Waals surface area contributed by atoms with Crippen molar-refractivity contribution in [1.82, 2.24) is 10.2 Å². The molecule has 1 aliphatic heterocycles. The van der Waals surface area contributed by atoms with E-state index < -0.39 is 5.91 Å². The van der Waals surface area contributed by atoms with Gasteiger partial charge in [-0.05, 0) is 18.2 Å². The zero-order valence-electron chi connectivity index (χ0n) is 13.3. The number of nitrogens with two attached hydrogens (primary N) is 1. The summed E-state index contributed by atoms with van der Waals surface area (Å²) in [5, 5.41) is 4.00. The molecule has 1 aliphatic rings. The molecule has 1 amide bonds. The van der Waals surface area contributed by atoms with E-state index in [-0.39, 0.29) is 31.4 Å². The second-order valence-electron chi connectivity index (χ2n) is 5.14. The second kappa shape index (κ2) is 12.6. The molecule has 1 saturated heterocycles. The Morgan fingerprint density at radius 1 is 1.33 bits per heavy atom. The zero-order chi connectivity index (χ0) is 15.8. The zero-order valence-corrected chi connectivity index (χ0v) is 15.7. The number of hydrogen-bond donors (Lipinski definition) is 2. The Balaban J connectivity index is 0.00000264. The summed E-state index contributed by atoms with van der Waals surface area (Å²) in [7, 11) is 0. The number of ether oxygens (including phenoxy) is 2. The van der Waals surface area contributed by atoms with Gasteiger partial charge in [0.2, 0.25) is 0 Å². The van der Waals surface area contributed by atoms with Crippen molar-refractivity contribution >= 4 is 42.3 Å².